The van der Waals surface area contributed by atoms with Crippen LogP contribution >= 0.6 is 0 Å². The number of ether oxygens (including phenoxy) is 1. The zero-order valence-electron chi connectivity index (χ0n) is 12.7. The average Bonchev–Trinajstić information content (AvgIpc) is 2.87. The van der Waals surface area contributed by atoms with Crippen molar-refractivity contribution in [3.8, 4) is 23.0 Å². The normalized spacial score (nSPS) is 18.5. The highest BCUT2D eigenvalue weighted by molar-refractivity contribution is 5.98. The maximum absolute atomic E-state index is 6.03. The molecule has 3 aromatic carbocycles. The van der Waals surface area contributed by atoms with Crippen LogP contribution in [-0.2, 0) is 10.3 Å². The molecule has 3 aromatic rings. The van der Waals surface area contributed by atoms with Gasteiger partial charge in [0.2, 0.25) is 0 Å². The monoisotopic (exact) mass is 284 g/mol. The molecule has 1 atom stereocenters. The zero-order chi connectivity index (χ0) is 15.2. The molecule has 1 unspecified atom stereocenters. The Kier molecular flexibility index (Phi) is 2.82. The van der Waals surface area contributed by atoms with Crippen molar-refractivity contribution in [1.29, 1.82) is 0 Å². The first kappa shape index (κ1) is 13.1. The largest absolute Gasteiger partial charge is 0.357 e. The van der Waals surface area contributed by atoms with Crippen LogP contribution in [0.4, 0.5) is 0 Å². The third-order valence-electron chi connectivity index (χ3n) is 4.48. The lowest BCUT2D eigenvalue weighted by Gasteiger charge is -2.25. The summed E-state index contributed by atoms with van der Waals surface area (Å²) in [4.78, 5) is 0. The first-order valence-electron chi connectivity index (χ1n) is 7.43. The molecule has 22 heavy (non-hydrogen) atoms. The predicted molar refractivity (Wildman–Crippen MR) is 90.6 cm³/mol. The van der Waals surface area contributed by atoms with E-state index in [-0.39, 0.29) is 0 Å². The lowest BCUT2D eigenvalue weighted by Crippen LogP contribution is -2.25. The Balaban J connectivity index is 2.22. The molecule has 0 saturated carbocycles. The highest BCUT2D eigenvalue weighted by Crippen LogP contribution is 2.51. The van der Waals surface area contributed by atoms with Crippen molar-refractivity contribution in [3.05, 3.63) is 71.8 Å². The van der Waals surface area contributed by atoms with Crippen LogP contribution < -0.4 is 0 Å². The van der Waals surface area contributed by atoms with E-state index in [4.69, 9.17) is 4.74 Å². The Morgan fingerprint density at radius 1 is 0.864 bits per heavy atom. The van der Waals surface area contributed by atoms with Gasteiger partial charge in [-0.25, -0.2) is 0 Å². The molecule has 1 aliphatic rings. The second-order valence-corrected chi connectivity index (χ2v) is 5.52. The van der Waals surface area contributed by atoms with Gasteiger partial charge < -0.3 is 4.74 Å². The van der Waals surface area contributed by atoms with Gasteiger partial charge in [0.15, 0.2) is 5.60 Å². The van der Waals surface area contributed by atoms with Crippen LogP contribution in [0.15, 0.2) is 60.7 Å². The third-order valence-corrected chi connectivity index (χ3v) is 4.48. The first-order chi connectivity index (χ1) is 10.8. The van der Waals surface area contributed by atoms with E-state index in [0.29, 0.717) is 0 Å². The van der Waals surface area contributed by atoms with E-state index < -0.39 is 5.60 Å². The van der Waals surface area contributed by atoms with Crippen molar-refractivity contribution in [2.24, 2.45) is 0 Å². The van der Waals surface area contributed by atoms with Crippen LogP contribution in [0, 0.1) is 11.8 Å². The molecule has 1 nitrogen and oxygen atoms in total. The van der Waals surface area contributed by atoms with Gasteiger partial charge in [-0.05, 0) is 28.8 Å². The maximum atomic E-state index is 6.03. The van der Waals surface area contributed by atoms with Gasteiger partial charge in [0, 0.05) is 18.2 Å². The fourth-order valence-electron chi connectivity index (χ4n) is 3.60. The van der Waals surface area contributed by atoms with E-state index in [2.05, 4.69) is 72.5 Å². The van der Waals surface area contributed by atoms with E-state index in [1.54, 1.807) is 7.11 Å². The quantitative estimate of drug-likeness (QED) is 0.587. The van der Waals surface area contributed by atoms with Crippen LogP contribution in [0.1, 0.15) is 18.1 Å². The van der Waals surface area contributed by atoms with E-state index in [1.165, 1.54) is 27.5 Å². The molecule has 0 aromatic heterocycles. The first-order valence-corrected chi connectivity index (χ1v) is 7.43. The molecule has 0 amide bonds. The van der Waals surface area contributed by atoms with Gasteiger partial charge in [0.1, 0.15) is 0 Å². The highest BCUT2D eigenvalue weighted by atomic mass is 16.5. The fraction of sp³-hybridized carbons (Fsp3) is 0.143. The van der Waals surface area contributed by atoms with Gasteiger partial charge in [0.25, 0.3) is 0 Å². The van der Waals surface area contributed by atoms with Crippen molar-refractivity contribution in [1.82, 2.24) is 0 Å². The number of rotatable bonds is 1. The van der Waals surface area contributed by atoms with Crippen molar-refractivity contribution in [3.63, 3.8) is 0 Å². The highest BCUT2D eigenvalue weighted by Gasteiger charge is 2.43. The lowest BCUT2D eigenvalue weighted by atomic mass is 9.88. The lowest BCUT2D eigenvalue weighted by molar-refractivity contribution is 0.0793. The number of methoxy groups -OCH3 is 1. The zero-order valence-corrected chi connectivity index (χ0v) is 12.7. The van der Waals surface area contributed by atoms with Crippen LogP contribution in [0.3, 0.4) is 0 Å². The summed E-state index contributed by atoms with van der Waals surface area (Å²) in [7, 11) is 1.75. The smallest absolute Gasteiger partial charge is 0.181 e. The molecule has 0 saturated heterocycles. The molecular weight excluding hydrogens is 268 g/mol. The number of fused-ring (bicyclic) bond motifs is 5. The summed E-state index contributed by atoms with van der Waals surface area (Å²) >= 11 is 0. The summed E-state index contributed by atoms with van der Waals surface area (Å²) in [6.45, 7) is 1.87. The molecule has 1 heteroatoms. The molecule has 4 rings (SSSR count). The Morgan fingerprint density at radius 3 is 2.45 bits per heavy atom. The van der Waals surface area contributed by atoms with Crippen molar-refractivity contribution >= 4 is 10.8 Å². The summed E-state index contributed by atoms with van der Waals surface area (Å²) in [6, 6.07) is 21.2. The maximum Gasteiger partial charge on any atom is 0.181 e. The predicted octanol–water partition coefficient (Wildman–Crippen LogP) is 4.73. The minimum Gasteiger partial charge on any atom is -0.357 e. The SMILES string of the molecule is CC#CC1(OC)c2ccccc2-c2ccc3ccccc3c21. The van der Waals surface area contributed by atoms with Crippen LogP contribution in [0.2, 0.25) is 0 Å². The van der Waals surface area contributed by atoms with Gasteiger partial charge in [-0.3, -0.25) is 0 Å². The summed E-state index contributed by atoms with van der Waals surface area (Å²) < 4.78 is 6.03. The molecular formula is C21H16O. The Morgan fingerprint density at radius 2 is 1.64 bits per heavy atom. The standard InChI is InChI=1S/C21H16O/c1-3-14-21(22-2)19-11-7-6-10-17(19)18-13-12-15-8-4-5-9-16(15)20(18)21/h4-13H,1-2H3. The second kappa shape index (κ2) is 4.73. The summed E-state index contributed by atoms with van der Waals surface area (Å²) in [6.07, 6.45) is 0. The topological polar surface area (TPSA) is 9.23 Å². The van der Waals surface area contributed by atoms with Gasteiger partial charge in [-0.2, -0.15) is 0 Å². The number of hydrogen-bond acceptors (Lipinski definition) is 1. The Bertz CT molecular complexity index is 943. The molecule has 0 fully saturated rings. The molecule has 0 aliphatic heterocycles. The molecule has 1 aliphatic carbocycles. The minimum absolute atomic E-state index is 0.679. The average molecular weight is 284 g/mol. The second-order valence-electron chi connectivity index (χ2n) is 5.52. The number of benzene rings is 3. The van der Waals surface area contributed by atoms with Crippen LogP contribution in [0.5, 0.6) is 0 Å². The molecule has 0 heterocycles. The van der Waals surface area contributed by atoms with Crippen LogP contribution in [-0.4, -0.2) is 7.11 Å². The van der Waals surface area contributed by atoms with Gasteiger partial charge >= 0.3 is 0 Å². The van der Waals surface area contributed by atoms with Gasteiger partial charge in [-0.15, -0.1) is 5.92 Å². The van der Waals surface area contributed by atoms with E-state index >= 15 is 0 Å². The fourth-order valence-corrected chi connectivity index (χ4v) is 3.60. The van der Waals surface area contributed by atoms with Crippen molar-refractivity contribution in [2.45, 2.75) is 12.5 Å². The van der Waals surface area contributed by atoms with Gasteiger partial charge in [-0.1, -0.05) is 66.6 Å². The third kappa shape index (κ3) is 1.53. The van der Waals surface area contributed by atoms with Gasteiger partial charge in [0.05, 0.1) is 0 Å². The van der Waals surface area contributed by atoms with Crippen LogP contribution in [0.25, 0.3) is 21.9 Å². The van der Waals surface area contributed by atoms with Crippen molar-refractivity contribution < 1.29 is 4.74 Å². The van der Waals surface area contributed by atoms with E-state index in [9.17, 15) is 0 Å². The molecule has 0 radical (unpaired) electrons. The number of hydrogen-bond donors (Lipinski definition) is 0. The molecule has 0 bridgehead atoms. The van der Waals surface area contributed by atoms with Crippen molar-refractivity contribution in [2.75, 3.05) is 7.11 Å². The molecule has 0 N–H and O–H groups in total. The Hall–Kier alpha value is -2.56. The minimum atomic E-state index is -0.679. The molecule has 106 valence electrons. The summed E-state index contributed by atoms with van der Waals surface area (Å²) in [5, 5.41) is 2.43. The Labute approximate surface area is 130 Å². The summed E-state index contributed by atoms with van der Waals surface area (Å²) in [5.41, 5.74) is 4.07. The summed E-state index contributed by atoms with van der Waals surface area (Å²) in [5.74, 6) is 6.41. The van der Waals surface area contributed by atoms with E-state index in [1.807, 2.05) is 6.92 Å². The molecule has 0 spiro atoms. The van der Waals surface area contributed by atoms with E-state index in [0.717, 1.165) is 5.56 Å².